The first-order valence-electron chi connectivity index (χ1n) is 10.3. The highest BCUT2D eigenvalue weighted by molar-refractivity contribution is 6.14. The largest absolute Gasteiger partial charge is 0.450 e. The molecule has 1 aliphatic heterocycles. The van der Waals surface area contributed by atoms with Crippen molar-refractivity contribution in [3.63, 3.8) is 0 Å². The van der Waals surface area contributed by atoms with Crippen molar-refractivity contribution in [3.8, 4) is 16.8 Å². The number of para-hydroxylation sites is 3. The first-order valence-corrected chi connectivity index (χ1v) is 10.3. The highest BCUT2D eigenvalue weighted by Gasteiger charge is 2.31. The number of nitrogens with zero attached hydrogens (tertiary/aromatic N) is 3. The first-order chi connectivity index (χ1) is 15.3. The Morgan fingerprint density at radius 2 is 1.68 bits per heavy atom. The van der Waals surface area contributed by atoms with Gasteiger partial charge in [0.25, 0.3) is 5.91 Å². The third-order valence-electron chi connectivity index (χ3n) is 5.81. The lowest BCUT2D eigenvalue weighted by Crippen LogP contribution is -2.28. The van der Waals surface area contributed by atoms with Gasteiger partial charge in [-0.3, -0.25) is 4.79 Å². The molecule has 5 heteroatoms. The standard InChI is InChI=1S/C26H19N3O2/c30-26(28-15-14-18-8-4-6-12-22(18)28)25-24(21-11-5-7-13-23(21)31-25)19-16-27-29(17-19)20-9-2-1-3-10-20/h1-13,16-17H,14-15H2. The molecular weight excluding hydrogens is 386 g/mol. The fraction of sp³-hybridized carbons (Fsp3) is 0.0769. The molecule has 6 rings (SSSR count). The number of aromatic nitrogens is 2. The van der Waals surface area contributed by atoms with Crippen molar-refractivity contribution in [1.82, 2.24) is 9.78 Å². The van der Waals surface area contributed by atoms with E-state index in [9.17, 15) is 4.79 Å². The van der Waals surface area contributed by atoms with Crippen LogP contribution < -0.4 is 4.90 Å². The van der Waals surface area contributed by atoms with Gasteiger partial charge >= 0.3 is 0 Å². The minimum absolute atomic E-state index is 0.122. The maximum atomic E-state index is 13.7. The number of hydrogen-bond acceptors (Lipinski definition) is 3. The zero-order valence-corrected chi connectivity index (χ0v) is 16.7. The van der Waals surface area contributed by atoms with Crippen LogP contribution in [0.2, 0.25) is 0 Å². The lowest BCUT2D eigenvalue weighted by Gasteiger charge is -2.16. The molecule has 0 saturated carbocycles. The molecule has 1 aliphatic rings. The monoisotopic (exact) mass is 405 g/mol. The molecule has 3 aromatic carbocycles. The lowest BCUT2D eigenvalue weighted by molar-refractivity contribution is 0.0965. The number of carbonyl (C=O) groups excluding carboxylic acids is 1. The third-order valence-corrected chi connectivity index (χ3v) is 5.81. The van der Waals surface area contributed by atoms with Gasteiger partial charge in [0.2, 0.25) is 5.76 Å². The highest BCUT2D eigenvalue weighted by Crippen LogP contribution is 2.38. The maximum absolute atomic E-state index is 13.7. The predicted molar refractivity (Wildman–Crippen MR) is 121 cm³/mol. The third kappa shape index (κ3) is 2.86. The smallest absolute Gasteiger partial charge is 0.294 e. The minimum atomic E-state index is -0.122. The van der Waals surface area contributed by atoms with Crippen LogP contribution in [0.4, 0.5) is 5.69 Å². The van der Waals surface area contributed by atoms with Crippen LogP contribution in [0.1, 0.15) is 16.1 Å². The van der Waals surface area contributed by atoms with Gasteiger partial charge in [-0.2, -0.15) is 5.10 Å². The first kappa shape index (κ1) is 17.7. The van der Waals surface area contributed by atoms with E-state index in [1.807, 2.05) is 88.6 Å². The summed E-state index contributed by atoms with van der Waals surface area (Å²) in [6.45, 7) is 0.651. The zero-order chi connectivity index (χ0) is 20.8. The number of furan rings is 1. The Morgan fingerprint density at radius 3 is 2.58 bits per heavy atom. The molecule has 0 spiro atoms. The van der Waals surface area contributed by atoms with Crippen LogP contribution in [0.5, 0.6) is 0 Å². The van der Waals surface area contributed by atoms with Crippen molar-refractivity contribution in [2.75, 3.05) is 11.4 Å². The summed E-state index contributed by atoms with van der Waals surface area (Å²) in [7, 11) is 0. The molecule has 0 N–H and O–H groups in total. The average molecular weight is 405 g/mol. The van der Waals surface area contributed by atoms with Gasteiger partial charge < -0.3 is 9.32 Å². The minimum Gasteiger partial charge on any atom is -0.450 e. The van der Waals surface area contributed by atoms with E-state index in [0.29, 0.717) is 17.9 Å². The van der Waals surface area contributed by atoms with Crippen LogP contribution in [-0.2, 0) is 6.42 Å². The van der Waals surface area contributed by atoms with E-state index in [1.165, 1.54) is 5.56 Å². The summed E-state index contributed by atoms with van der Waals surface area (Å²) in [4.78, 5) is 15.5. The summed E-state index contributed by atoms with van der Waals surface area (Å²) in [6, 6.07) is 25.7. The van der Waals surface area contributed by atoms with Crippen LogP contribution in [0.25, 0.3) is 27.8 Å². The van der Waals surface area contributed by atoms with Crippen molar-refractivity contribution in [2.45, 2.75) is 6.42 Å². The summed E-state index contributed by atoms with van der Waals surface area (Å²) >= 11 is 0. The number of amides is 1. The summed E-state index contributed by atoms with van der Waals surface area (Å²) in [5.41, 5.74) is 5.43. The van der Waals surface area contributed by atoms with Crippen molar-refractivity contribution in [1.29, 1.82) is 0 Å². The van der Waals surface area contributed by atoms with Crippen LogP contribution in [0.3, 0.4) is 0 Å². The van der Waals surface area contributed by atoms with E-state index in [0.717, 1.165) is 34.3 Å². The molecule has 0 bridgehead atoms. The molecular formula is C26H19N3O2. The molecule has 31 heavy (non-hydrogen) atoms. The molecule has 0 radical (unpaired) electrons. The second kappa shape index (κ2) is 6.99. The fourth-order valence-corrected chi connectivity index (χ4v) is 4.33. The number of benzene rings is 3. The Balaban J connectivity index is 1.49. The Kier molecular flexibility index (Phi) is 3.99. The van der Waals surface area contributed by atoms with Crippen LogP contribution >= 0.6 is 0 Å². The molecule has 1 amide bonds. The Labute approximate surface area is 179 Å². The molecule has 3 heterocycles. The van der Waals surface area contributed by atoms with E-state index >= 15 is 0 Å². The quantitative estimate of drug-likeness (QED) is 0.399. The second-order valence-corrected chi connectivity index (χ2v) is 7.65. The number of rotatable bonds is 3. The molecule has 0 aliphatic carbocycles. The van der Waals surface area contributed by atoms with E-state index in [2.05, 4.69) is 11.2 Å². The van der Waals surface area contributed by atoms with Crippen LogP contribution in [0.15, 0.2) is 95.7 Å². The van der Waals surface area contributed by atoms with E-state index < -0.39 is 0 Å². The molecule has 0 saturated heterocycles. The van der Waals surface area contributed by atoms with Crippen molar-refractivity contribution >= 4 is 22.6 Å². The topological polar surface area (TPSA) is 51.3 Å². The van der Waals surface area contributed by atoms with E-state index in [1.54, 1.807) is 6.20 Å². The summed E-state index contributed by atoms with van der Waals surface area (Å²) < 4.78 is 7.95. The van der Waals surface area contributed by atoms with Gasteiger partial charge in [-0.05, 0) is 36.2 Å². The molecule has 2 aromatic heterocycles. The van der Waals surface area contributed by atoms with Crippen LogP contribution in [-0.4, -0.2) is 22.2 Å². The Bertz CT molecular complexity index is 1420. The van der Waals surface area contributed by atoms with E-state index in [-0.39, 0.29) is 5.91 Å². The molecule has 5 nitrogen and oxygen atoms in total. The van der Waals surface area contributed by atoms with Crippen molar-refractivity contribution < 1.29 is 9.21 Å². The molecule has 150 valence electrons. The Morgan fingerprint density at radius 1 is 0.903 bits per heavy atom. The second-order valence-electron chi connectivity index (χ2n) is 7.65. The maximum Gasteiger partial charge on any atom is 0.294 e. The SMILES string of the molecule is O=C(c1oc2ccccc2c1-c1cnn(-c2ccccc2)c1)N1CCc2ccccc21. The summed E-state index contributed by atoms with van der Waals surface area (Å²) in [6.07, 6.45) is 4.59. The predicted octanol–water partition coefficient (Wildman–Crippen LogP) is 5.49. The van der Waals surface area contributed by atoms with Gasteiger partial charge in [0.05, 0.1) is 11.9 Å². The fourth-order valence-electron chi connectivity index (χ4n) is 4.33. The van der Waals surface area contributed by atoms with Gasteiger partial charge in [0.15, 0.2) is 0 Å². The number of fused-ring (bicyclic) bond motifs is 2. The van der Waals surface area contributed by atoms with E-state index in [4.69, 9.17) is 4.42 Å². The Hall–Kier alpha value is -4.12. The molecule has 0 unspecified atom stereocenters. The van der Waals surface area contributed by atoms with Gasteiger partial charge in [0.1, 0.15) is 5.58 Å². The summed E-state index contributed by atoms with van der Waals surface area (Å²) in [5, 5.41) is 5.44. The van der Waals surface area contributed by atoms with Gasteiger partial charge in [0, 0.05) is 34.9 Å². The number of anilines is 1. The van der Waals surface area contributed by atoms with Crippen LogP contribution in [0, 0.1) is 0 Å². The highest BCUT2D eigenvalue weighted by atomic mass is 16.3. The van der Waals surface area contributed by atoms with Gasteiger partial charge in [-0.15, -0.1) is 0 Å². The van der Waals surface area contributed by atoms with Gasteiger partial charge in [-0.1, -0.05) is 54.6 Å². The van der Waals surface area contributed by atoms with Gasteiger partial charge in [-0.25, -0.2) is 4.68 Å². The molecule has 0 fully saturated rings. The normalized spacial score (nSPS) is 13.0. The van der Waals surface area contributed by atoms with Crippen molar-refractivity contribution in [3.05, 3.63) is 103 Å². The molecule has 5 aromatic rings. The lowest BCUT2D eigenvalue weighted by atomic mass is 10.0. The number of hydrogen-bond donors (Lipinski definition) is 0. The molecule has 0 atom stereocenters. The number of carbonyl (C=O) groups is 1. The zero-order valence-electron chi connectivity index (χ0n) is 16.7. The van der Waals surface area contributed by atoms with Crippen molar-refractivity contribution in [2.24, 2.45) is 0 Å². The average Bonchev–Trinajstić information content (AvgIpc) is 3.55. The summed E-state index contributed by atoms with van der Waals surface area (Å²) in [5.74, 6) is 0.231.